The molecule has 0 spiro atoms. The Labute approximate surface area is 264 Å². The average molecular weight is 673 g/mol. The average Bonchev–Trinajstić information content (AvgIpc) is 3.52. The molecule has 0 saturated heterocycles. The number of nitrogens with one attached hydrogen (secondary N) is 1. The number of thiophene rings is 1. The number of thioether (sulfide) groups is 1. The smallest absolute Gasteiger partial charge is 0.271 e. The molecule has 3 heterocycles. The first-order valence-electron chi connectivity index (χ1n) is 13.3. The molecule has 230 valence electrons. The Hall–Kier alpha value is -3.69. The highest BCUT2D eigenvalue weighted by Gasteiger charge is 2.29. The van der Waals surface area contributed by atoms with Crippen molar-refractivity contribution >= 4 is 71.1 Å². The lowest BCUT2D eigenvalue weighted by Crippen LogP contribution is -2.40. The molecule has 44 heavy (non-hydrogen) atoms. The van der Waals surface area contributed by atoms with Gasteiger partial charge in [-0.3, -0.25) is 14.1 Å². The normalized spacial score (nSPS) is 14.7. The molecule has 0 saturated carbocycles. The van der Waals surface area contributed by atoms with E-state index in [9.17, 15) is 26.2 Å². The fourth-order valence-electron chi connectivity index (χ4n) is 4.87. The number of carbonyl (C=O) groups excluding carboxylic acids is 1. The predicted molar refractivity (Wildman–Crippen MR) is 175 cm³/mol. The number of fused-ring (bicyclic) bond motifs is 2. The summed E-state index contributed by atoms with van der Waals surface area (Å²) in [4.78, 5) is 15.5. The number of rotatable bonds is 10. The van der Waals surface area contributed by atoms with Crippen molar-refractivity contribution in [3.63, 3.8) is 0 Å². The van der Waals surface area contributed by atoms with Crippen LogP contribution in [-0.2, 0) is 31.5 Å². The van der Waals surface area contributed by atoms with E-state index in [0.29, 0.717) is 22.0 Å². The maximum Gasteiger partial charge on any atom is 0.271 e. The van der Waals surface area contributed by atoms with E-state index >= 15 is 0 Å². The third-order valence-corrected chi connectivity index (χ3v) is 10.0. The molecular formula is C30H30N3O7S4+. The first-order valence-corrected chi connectivity index (χ1v) is 18.5. The van der Waals surface area contributed by atoms with Crippen molar-refractivity contribution < 1.29 is 35.5 Å². The Morgan fingerprint density at radius 1 is 1.07 bits per heavy atom. The highest BCUT2D eigenvalue weighted by molar-refractivity contribution is 8.03. The summed E-state index contributed by atoms with van der Waals surface area (Å²) in [6.07, 6.45) is 4.70. The molecule has 4 aromatic rings. The Morgan fingerprint density at radius 2 is 1.82 bits per heavy atom. The highest BCUT2D eigenvalue weighted by atomic mass is 32.2. The van der Waals surface area contributed by atoms with E-state index in [1.54, 1.807) is 16.6 Å². The zero-order valence-electron chi connectivity index (χ0n) is 24.1. The molecule has 0 unspecified atom stereocenters. The first kappa shape index (κ1) is 31.7. The van der Waals surface area contributed by atoms with Gasteiger partial charge in [0.2, 0.25) is 21.5 Å². The van der Waals surface area contributed by atoms with Crippen LogP contribution in [-0.4, -0.2) is 53.0 Å². The van der Waals surface area contributed by atoms with Crippen molar-refractivity contribution in [3.05, 3.63) is 88.4 Å². The number of nitrogens with zero attached hydrogens (tertiary/aromatic N) is 2. The third-order valence-electron chi connectivity index (χ3n) is 6.70. The van der Waals surface area contributed by atoms with Crippen molar-refractivity contribution in [1.29, 1.82) is 0 Å². The fourth-order valence-corrected chi connectivity index (χ4v) is 7.82. The second-order valence-electron chi connectivity index (χ2n) is 10.1. The molecule has 0 atom stereocenters. The summed E-state index contributed by atoms with van der Waals surface area (Å²) in [5, 5.41) is 2.55. The monoisotopic (exact) mass is 672 g/mol. The lowest BCUT2D eigenvalue weighted by molar-refractivity contribution is -0.668. The molecule has 2 aromatic carbocycles. The van der Waals surface area contributed by atoms with Crippen LogP contribution in [0.4, 0.5) is 5.69 Å². The number of carbonyl (C=O) groups is 1. The van der Waals surface area contributed by atoms with Gasteiger partial charge in [0.15, 0.2) is 6.54 Å². The maximum atomic E-state index is 12.8. The number of aryl methyl sites for hydroxylation is 1. The molecule has 0 bridgehead atoms. The minimum absolute atomic E-state index is 0.000800. The van der Waals surface area contributed by atoms with Gasteiger partial charge >= 0.3 is 0 Å². The standard InChI is InChI=1S/C30H29N3O7S4/c1-20(15-23-10-12-27-30(25(40-2)19-41-27)32(23)13-14-44(37,38)39)16-29-33(18-28(34)31-43(3,35)36)24-17-22(9-11-26(24)42-29)21-7-5-4-6-8-21/h4-12,15-17,19H,13-14,18H2,1-3H3,(H-,31,34,37,38,39)/p+1. The summed E-state index contributed by atoms with van der Waals surface area (Å²) >= 11 is 2.91. The van der Waals surface area contributed by atoms with Crippen LogP contribution in [0.1, 0.15) is 12.6 Å². The van der Waals surface area contributed by atoms with Crippen LogP contribution in [0.5, 0.6) is 5.75 Å². The van der Waals surface area contributed by atoms with Gasteiger partial charge in [-0.2, -0.15) is 13.0 Å². The van der Waals surface area contributed by atoms with Crippen LogP contribution in [0.2, 0.25) is 0 Å². The van der Waals surface area contributed by atoms with Gasteiger partial charge in [-0.25, -0.2) is 8.42 Å². The van der Waals surface area contributed by atoms with Gasteiger partial charge in [0.05, 0.1) is 24.1 Å². The topological polar surface area (TPSA) is 134 Å². The summed E-state index contributed by atoms with van der Waals surface area (Å²) in [5.41, 5.74) is 4.90. The van der Waals surface area contributed by atoms with Crippen LogP contribution < -0.4 is 18.9 Å². The second kappa shape index (κ2) is 12.7. The Bertz CT molecular complexity index is 2020. The van der Waals surface area contributed by atoms with Crippen LogP contribution in [0.15, 0.2) is 87.6 Å². The molecule has 14 heteroatoms. The summed E-state index contributed by atoms with van der Waals surface area (Å²) in [6.45, 7) is 1.65. The molecule has 1 amide bonds. The minimum Gasteiger partial charge on any atom is -0.490 e. The van der Waals surface area contributed by atoms with E-state index < -0.39 is 31.8 Å². The largest absolute Gasteiger partial charge is 0.490 e. The summed E-state index contributed by atoms with van der Waals surface area (Å²) < 4.78 is 66.6. The van der Waals surface area contributed by atoms with Gasteiger partial charge < -0.3 is 9.64 Å². The molecule has 1 aliphatic heterocycles. The van der Waals surface area contributed by atoms with Gasteiger partial charge in [-0.1, -0.05) is 48.2 Å². The van der Waals surface area contributed by atoms with Crippen LogP contribution in [0.25, 0.3) is 27.4 Å². The Balaban J connectivity index is 1.56. The molecule has 5 rings (SSSR count). The number of aromatic nitrogens is 1. The van der Waals surface area contributed by atoms with Crippen molar-refractivity contribution in [2.75, 3.05) is 30.6 Å². The van der Waals surface area contributed by atoms with E-state index in [4.69, 9.17) is 4.74 Å². The molecule has 10 nitrogen and oxygen atoms in total. The quantitative estimate of drug-likeness (QED) is 0.182. The molecule has 2 N–H and O–H groups in total. The van der Waals surface area contributed by atoms with E-state index in [1.807, 2.05) is 85.1 Å². The lowest BCUT2D eigenvalue weighted by atomic mass is 10.0. The number of sulfonamides is 1. The first-order chi connectivity index (χ1) is 20.8. The molecule has 1 aliphatic rings. The number of pyridine rings is 1. The number of methoxy groups -OCH3 is 1. The highest BCUT2D eigenvalue weighted by Crippen LogP contribution is 2.47. The number of ether oxygens (including phenoxy) is 1. The van der Waals surface area contributed by atoms with Crippen molar-refractivity contribution in [2.24, 2.45) is 0 Å². The second-order valence-corrected chi connectivity index (χ2v) is 15.4. The molecule has 2 aromatic heterocycles. The number of anilines is 1. The zero-order chi connectivity index (χ0) is 31.6. The number of amides is 1. The van der Waals surface area contributed by atoms with Gasteiger partial charge in [0.25, 0.3) is 21.5 Å². The van der Waals surface area contributed by atoms with Gasteiger partial charge in [-0.05, 0) is 47.9 Å². The SMILES string of the molecule is COc1csc2ccc(/C=C(C)/C=C3/Sc4ccc(-c5ccccc5)cc4N3CC(=O)NS(C)(=O)=O)[n+](CCS(=O)(=O)O)c12. The Morgan fingerprint density at radius 3 is 2.50 bits per heavy atom. The molecular weight excluding hydrogens is 643 g/mol. The van der Waals surface area contributed by atoms with Gasteiger partial charge in [-0.15, -0.1) is 11.3 Å². The van der Waals surface area contributed by atoms with E-state index in [2.05, 4.69) is 4.72 Å². The molecule has 0 fully saturated rings. The third kappa shape index (κ3) is 7.50. The van der Waals surface area contributed by atoms with E-state index in [-0.39, 0.29) is 13.1 Å². The van der Waals surface area contributed by atoms with Crippen LogP contribution >= 0.6 is 23.1 Å². The van der Waals surface area contributed by atoms with Crippen molar-refractivity contribution in [2.45, 2.75) is 18.4 Å². The number of benzene rings is 2. The lowest BCUT2D eigenvalue weighted by Gasteiger charge is -2.20. The maximum absolute atomic E-state index is 12.8. The van der Waals surface area contributed by atoms with E-state index in [1.165, 1.54) is 23.1 Å². The van der Waals surface area contributed by atoms with Crippen LogP contribution in [0.3, 0.4) is 0 Å². The van der Waals surface area contributed by atoms with Gasteiger partial charge in [0.1, 0.15) is 17.0 Å². The van der Waals surface area contributed by atoms with Gasteiger partial charge in [0, 0.05) is 22.4 Å². The van der Waals surface area contributed by atoms with E-state index in [0.717, 1.165) is 38.2 Å². The van der Waals surface area contributed by atoms with Crippen LogP contribution in [0, 0.1) is 0 Å². The number of allylic oxidation sites excluding steroid dienone is 2. The minimum atomic E-state index is -4.23. The predicted octanol–water partition coefficient (Wildman–Crippen LogP) is 4.69. The summed E-state index contributed by atoms with van der Waals surface area (Å²) in [5.74, 6) is -0.558. The molecule has 0 aliphatic carbocycles. The number of hydrogen-bond acceptors (Lipinski definition) is 9. The molecule has 0 radical (unpaired) electrons. The van der Waals surface area contributed by atoms with Crippen molar-refractivity contribution in [1.82, 2.24) is 4.72 Å². The number of hydrogen-bond donors (Lipinski definition) is 2. The Kier molecular flexibility index (Phi) is 9.18. The van der Waals surface area contributed by atoms with Crippen molar-refractivity contribution in [3.8, 4) is 16.9 Å². The zero-order valence-corrected chi connectivity index (χ0v) is 27.3. The summed E-state index contributed by atoms with van der Waals surface area (Å²) in [7, 11) is -6.44. The summed E-state index contributed by atoms with van der Waals surface area (Å²) in [6, 6.07) is 19.5. The fraction of sp³-hybridized carbons (Fsp3) is 0.200.